The maximum Gasteiger partial charge on any atom is 0.271 e. The molecular formula is C18H20N4O5. The van der Waals surface area contributed by atoms with E-state index in [1.807, 2.05) is 0 Å². The smallest absolute Gasteiger partial charge is 0.271 e. The number of aliphatic hydroxyl groups is 2. The first-order valence-electron chi connectivity index (χ1n) is 8.39. The zero-order valence-electron chi connectivity index (χ0n) is 14.4. The molecule has 1 aromatic carbocycles. The first-order chi connectivity index (χ1) is 13.0. The summed E-state index contributed by atoms with van der Waals surface area (Å²) in [6, 6.07) is 8.54. The van der Waals surface area contributed by atoms with Gasteiger partial charge in [0.25, 0.3) is 11.8 Å². The summed E-state index contributed by atoms with van der Waals surface area (Å²) in [5.41, 5.74) is -1.07. The molecule has 27 heavy (non-hydrogen) atoms. The van der Waals surface area contributed by atoms with Crippen LogP contribution in [-0.4, -0.2) is 69.5 Å². The molecule has 1 saturated heterocycles. The van der Waals surface area contributed by atoms with E-state index < -0.39 is 23.7 Å². The fourth-order valence-corrected chi connectivity index (χ4v) is 2.73. The van der Waals surface area contributed by atoms with Gasteiger partial charge in [0.2, 0.25) is 0 Å². The molecule has 2 amide bonds. The fraction of sp³-hybridized carbons (Fsp3) is 0.333. The molecule has 0 bridgehead atoms. The molecule has 9 nitrogen and oxygen atoms in total. The van der Waals surface area contributed by atoms with E-state index >= 15 is 0 Å². The van der Waals surface area contributed by atoms with Gasteiger partial charge in [-0.25, -0.2) is 4.98 Å². The van der Waals surface area contributed by atoms with Crippen molar-refractivity contribution in [1.29, 1.82) is 0 Å². The predicted octanol–water partition coefficient (Wildman–Crippen LogP) is -0.873. The Labute approximate surface area is 155 Å². The van der Waals surface area contributed by atoms with Gasteiger partial charge in [0, 0.05) is 24.5 Å². The van der Waals surface area contributed by atoms with E-state index in [-0.39, 0.29) is 31.3 Å². The SMILES string of the molecule is O=C(NC[C@]1(O)CO[C@H](CNC(=O)c2cnccn2)[C@H]1O)c1ccccc1. The quantitative estimate of drug-likeness (QED) is 0.518. The van der Waals surface area contributed by atoms with Crippen LogP contribution in [0.5, 0.6) is 0 Å². The maximum absolute atomic E-state index is 12.1. The van der Waals surface area contributed by atoms with Gasteiger partial charge in [-0.15, -0.1) is 0 Å². The number of nitrogens with one attached hydrogen (secondary N) is 2. The van der Waals surface area contributed by atoms with Crippen molar-refractivity contribution in [2.75, 3.05) is 19.7 Å². The first-order valence-corrected chi connectivity index (χ1v) is 8.39. The van der Waals surface area contributed by atoms with Crippen LogP contribution in [0.1, 0.15) is 20.8 Å². The molecule has 0 saturated carbocycles. The third kappa shape index (κ3) is 4.45. The van der Waals surface area contributed by atoms with Crippen molar-refractivity contribution in [2.45, 2.75) is 17.8 Å². The summed E-state index contributed by atoms with van der Waals surface area (Å²) in [6.07, 6.45) is 2.06. The Morgan fingerprint density at radius 2 is 1.96 bits per heavy atom. The van der Waals surface area contributed by atoms with Crippen LogP contribution >= 0.6 is 0 Å². The van der Waals surface area contributed by atoms with Gasteiger partial charge in [0.05, 0.1) is 19.3 Å². The largest absolute Gasteiger partial charge is 0.387 e. The average Bonchev–Trinajstić information content (AvgIpc) is 3.00. The van der Waals surface area contributed by atoms with Crippen molar-refractivity contribution in [1.82, 2.24) is 20.6 Å². The molecule has 1 fully saturated rings. The highest BCUT2D eigenvalue weighted by Crippen LogP contribution is 2.24. The van der Waals surface area contributed by atoms with Crippen molar-refractivity contribution in [3.05, 3.63) is 60.2 Å². The topological polar surface area (TPSA) is 134 Å². The number of hydrogen-bond acceptors (Lipinski definition) is 7. The minimum absolute atomic E-state index is 0.0223. The fourth-order valence-electron chi connectivity index (χ4n) is 2.73. The number of amides is 2. The standard InChI is InChI=1S/C18H20N4O5/c23-15-14(9-21-17(25)13-8-19-6-7-20-13)27-11-18(15,26)10-22-16(24)12-4-2-1-3-5-12/h1-8,14-15,23,26H,9-11H2,(H,21,25)(H,22,24)/t14-,15-,18+/m1/s1. The van der Waals surface area contributed by atoms with E-state index in [4.69, 9.17) is 4.74 Å². The summed E-state index contributed by atoms with van der Waals surface area (Å²) in [5, 5.41) is 26.1. The normalized spacial score (nSPS) is 24.4. The number of carbonyl (C=O) groups excluding carboxylic acids is 2. The van der Waals surface area contributed by atoms with Gasteiger partial charge in [-0.1, -0.05) is 18.2 Å². The van der Waals surface area contributed by atoms with Crippen molar-refractivity contribution >= 4 is 11.8 Å². The molecule has 0 spiro atoms. The second-order valence-electron chi connectivity index (χ2n) is 6.25. The van der Waals surface area contributed by atoms with E-state index in [0.29, 0.717) is 5.56 Å². The summed E-state index contributed by atoms with van der Waals surface area (Å²) in [7, 11) is 0. The highest BCUT2D eigenvalue weighted by atomic mass is 16.5. The predicted molar refractivity (Wildman–Crippen MR) is 93.8 cm³/mol. The molecule has 2 aromatic rings. The van der Waals surface area contributed by atoms with Gasteiger partial charge >= 0.3 is 0 Å². The third-order valence-electron chi connectivity index (χ3n) is 4.30. The Kier molecular flexibility index (Phi) is 5.75. The molecule has 3 atom stereocenters. The van der Waals surface area contributed by atoms with E-state index in [1.165, 1.54) is 18.6 Å². The monoisotopic (exact) mass is 372 g/mol. The molecule has 3 rings (SSSR count). The van der Waals surface area contributed by atoms with Crippen molar-refractivity contribution in [3.63, 3.8) is 0 Å². The Hall–Kier alpha value is -2.88. The van der Waals surface area contributed by atoms with E-state index in [0.717, 1.165) is 0 Å². The van der Waals surface area contributed by atoms with Gasteiger partial charge < -0.3 is 25.6 Å². The van der Waals surface area contributed by atoms with Crippen LogP contribution in [-0.2, 0) is 4.74 Å². The summed E-state index contributed by atoms with van der Waals surface area (Å²) in [6.45, 7) is -0.378. The first kappa shape index (κ1) is 18.9. The zero-order valence-corrected chi connectivity index (χ0v) is 14.4. The second kappa shape index (κ2) is 8.21. The van der Waals surface area contributed by atoms with Gasteiger partial charge in [-0.2, -0.15) is 0 Å². The number of aliphatic hydroxyl groups excluding tert-OH is 1. The Balaban J connectivity index is 1.51. The Bertz CT molecular complexity index is 789. The molecule has 0 radical (unpaired) electrons. The summed E-state index contributed by atoms with van der Waals surface area (Å²) < 4.78 is 5.40. The van der Waals surface area contributed by atoms with Crippen LogP contribution in [0.2, 0.25) is 0 Å². The van der Waals surface area contributed by atoms with Crippen LogP contribution in [0.3, 0.4) is 0 Å². The second-order valence-corrected chi connectivity index (χ2v) is 6.25. The van der Waals surface area contributed by atoms with Crippen molar-refractivity contribution < 1.29 is 24.5 Å². The van der Waals surface area contributed by atoms with Crippen LogP contribution in [0.15, 0.2) is 48.9 Å². The molecule has 2 heterocycles. The lowest BCUT2D eigenvalue weighted by Crippen LogP contribution is -2.53. The van der Waals surface area contributed by atoms with Crippen LogP contribution in [0.4, 0.5) is 0 Å². The lowest BCUT2D eigenvalue weighted by atomic mass is 9.96. The average molecular weight is 372 g/mol. The third-order valence-corrected chi connectivity index (χ3v) is 4.30. The molecule has 1 aromatic heterocycles. The molecule has 0 aliphatic carbocycles. The molecule has 4 N–H and O–H groups in total. The summed E-state index contributed by atoms with van der Waals surface area (Å²) >= 11 is 0. The maximum atomic E-state index is 12.1. The molecular weight excluding hydrogens is 352 g/mol. The number of aromatic nitrogens is 2. The summed E-state index contributed by atoms with van der Waals surface area (Å²) in [5.74, 6) is -0.831. The van der Waals surface area contributed by atoms with E-state index in [2.05, 4.69) is 20.6 Å². The number of carbonyl (C=O) groups is 2. The van der Waals surface area contributed by atoms with Crippen molar-refractivity contribution in [3.8, 4) is 0 Å². The minimum Gasteiger partial charge on any atom is -0.387 e. The lowest BCUT2D eigenvalue weighted by molar-refractivity contribution is -0.0464. The summed E-state index contributed by atoms with van der Waals surface area (Å²) in [4.78, 5) is 31.7. The van der Waals surface area contributed by atoms with Crippen LogP contribution in [0, 0.1) is 0 Å². The molecule has 1 aliphatic rings. The van der Waals surface area contributed by atoms with Gasteiger partial charge in [0.15, 0.2) is 0 Å². The minimum atomic E-state index is -1.65. The van der Waals surface area contributed by atoms with Crippen molar-refractivity contribution in [2.24, 2.45) is 0 Å². The number of nitrogens with zero attached hydrogens (tertiary/aromatic N) is 2. The highest BCUT2D eigenvalue weighted by Gasteiger charge is 2.48. The number of hydrogen-bond donors (Lipinski definition) is 4. The van der Waals surface area contributed by atoms with Crippen LogP contribution in [0.25, 0.3) is 0 Å². The lowest BCUT2D eigenvalue weighted by Gasteiger charge is -2.26. The number of rotatable bonds is 6. The Morgan fingerprint density at radius 1 is 1.19 bits per heavy atom. The molecule has 1 aliphatic heterocycles. The van der Waals surface area contributed by atoms with Crippen LogP contribution < -0.4 is 10.6 Å². The molecule has 0 unspecified atom stereocenters. The zero-order chi connectivity index (χ0) is 19.3. The van der Waals surface area contributed by atoms with Gasteiger partial charge in [0.1, 0.15) is 23.5 Å². The molecule has 142 valence electrons. The number of ether oxygens (including phenoxy) is 1. The van der Waals surface area contributed by atoms with Gasteiger partial charge in [-0.05, 0) is 12.1 Å². The van der Waals surface area contributed by atoms with Gasteiger partial charge in [-0.3, -0.25) is 14.6 Å². The Morgan fingerprint density at radius 3 is 2.67 bits per heavy atom. The highest BCUT2D eigenvalue weighted by molar-refractivity contribution is 5.94. The van der Waals surface area contributed by atoms with E-state index in [9.17, 15) is 19.8 Å². The molecule has 9 heteroatoms. The number of benzene rings is 1. The van der Waals surface area contributed by atoms with E-state index in [1.54, 1.807) is 30.3 Å².